The van der Waals surface area contributed by atoms with Gasteiger partial charge in [-0.2, -0.15) is 5.10 Å². The SMILES string of the molecule is O=C(Nc1ccccc1)[C@H]1CCCN(Cn2ncc3ccccc3c2=O)C1. The molecule has 1 aliphatic rings. The number of rotatable bonds is 4. The number of hydrogen-bond acceptors (Lipinski definition) is 4. The van der Waals surface area contributed by atoms with Crippen LogP contribution < -0.4 is 10.9 Å². The molecule has 0 saturated carbocycles. The zero-order valence-electron chi connectivity index (χ0n) is 15.0. The number of likely N-dealkylation sites (tertiary alicyclic amines) is 1. The summed E-state index contributed by atoms with van der Waals surface area (Å²) in [5.41, 5.74) is 0.719. The van der Waals surface area contributed by atoms with Crippen LogP contribution in [0.15, 0.2) is 65.6 Å². The predicted molar refractivity (Wildman–Crippen MR) is 105 cm³/mol. The molecule has 0 radical (unpaired) electrons. The average molecular weight is 362 g/mol. The van der Waals surface area contributed by atoms with Crippen LogP contribution in [-0.2, 0) is 11.5 Å². The highest BCUT2D eigenvalue weighted by molar-refractivity contribution is 5.92. The van der Waals surface area contributed by atoms with Gasteiger partial charge in [0.1, 0.15) is 0 Å². The van der Waals surface area contributed by atoms with Crippen molar-refractivity contribution in [3.63, 3.8) is 0 Å². The summed E-state index contributed by atoms with van der Waals surface area (Å²) >= 11 is 0. The molecule has 1 aromatic heterocycles. The third kappa shape index (κ3) is 3.90. The Balaban J connectivity index is 1.45. The summed E-state index contributed by atoms with van der Waals surface area (Å²) in [4.78, 5) is 27.4. The van der Waals surface area contributed by atoms with E-state index in [9.17, 15) is 9.59 Å². The van der Waals surface area contributed by atoms with Crippen LogP contribution in [0.2, 0.25) is 0 Å². The van der Waals surface area contributed by atoms with Crippen molar-refractivity contribution in [2.24, 2.45) is 5.92 Å². The van der Waals surface area contributed by atoms with Crippen LogP contribution in [0.4, 0.5) is 5.69 Å². The molecule has 4 rings (SSSR count). The highest BCUT2D eigenvalue weighted by atomic mass is 16.2. The number of anilines is 1. The molecule has 1 amide bonds. The monoisotopic (exact) mass is 362 g/mol. The van der Waals surface area contributed by atoms with Gasteiger partial charge in [0.15, 0.2) is 0 Å². The summed E-state index contributed by atoms with van der Waals surface area (Å²) in [6, 6.07) is 17.0. The molecule has 1 aliphatic heterocycles. The number of carbonyl (C=O) groups is 1. The first kappa shape index (κ1) is 17.4. The predicted octanol–water partition coefficient (Wildman–Crippen LogP) is 2.70. The third-order valence-corrected chi connectivity index (χ3v) is 5.01. The van der Waals surface area contributed by atoms with Gasteiger partial charge in [-0.25, -0.2) is 4.68 Å². The number of aromatic nitrogens is 2. The van der Waals surface area contributed by atoms with E-state index in [2.05, 4.69) is 15.3 Å². The highest BCUT2D eigenvalue weighted by Crippen LogP contribution is 2.19. The number of carbonyl (C=O) groups excluding carboxylic acids is 1. The first-order valence-electron chi connectivity index (χ1n) is 9.24. The lowest BCUT2D eigenvalue weighted by atomic mass is 9.97. The highest BCUT2D eigenvalue weighted by Gasteiger charge is 2.26. The van der Waals surface area contributed by atoms with Crippen LogP contribution in [-0.4, -0.2) is 33.7 Å². The standard InChI is InChI=1S/C21H22N4O2/c26-20(23-18-9-2-1-3-10-18)17-8-6-12-24(14-17)15-25-21(27)19-11-5-4-7-16(19)13-22-25/h1-5,7,9-11,13,17H,6,8,12,14-15H2,(H,23,26)/t17-/m0/s1. The number of nitrogens with zero attached hydrogens (tertiary/aromatic N) is 3. The fourth-order valence-corrected chi connectivity index (χ4v) is 3.58. The van der Waals surface area contributed by atoms with E-state index in [1.165, 1.54) is 4.68 Å². The van der Waals surface area contributed by atoms with Crippen molar-refractivity contribution in [3.8, 4) is 0 Å². The van der Waals surface area contributed by atoms with Gasteiger partial charge in [-0.1, -0.05) is 36.4 Å². The number of amides is 1. The minimum absolute atomic E-state index is 0.0321. The lowest BCUT2D eigenvalue weighted by Gasteiger charge is -2.31. The Morgan fingerprint density at radius 2 is 1.89 bits per heavy atom. The molecule has 1 fully saturated rings. The number of fused-ring (bicyclic) bond motifs is 1. The van der Waals surface area contributed by atoms with E-state index < -0.39 is 0 Å². The van der Waals surface area contributed by atoms with Crippen molar-refractivity contribution < 1.29 is 4.79 Å². The first-order valence-corrected chi connectivity index (χ1v) is 9.24. The van der Waals surface area contributed by atoms with Gasteiger partial charge >= 0.3 is 0 Å². The fourth-order valence-electron chi connectivity index (χ4n) is 3.58. The normalized spacial score (nSPS) is 17.7. The Hall–Kier alpha value is -2.99. The average Bonchev–Trinajstić information content (AvgIpc) is 2.71. The Bertz CT molecular complexity index is 1000. The van der Waals surface area contributed by atoms with Gasteiger partial charge in [0.25, 0.3) is 5.56 Å². The van der Waals surface area contributed by atoms with E-state index in [4.69, 9.17) is 0 Å². The van der Waals surface area contributed by atoms with E-state index >= 15 is 0 Å². The van der Waals surface area contributed by atoms with Crippen LogP contribution in [0.25, 0.3) is 10.8 Å². The fraction of sp³-hybridized carbons (Fsp3) is 0.286. The van der Waals surface area contributed by atoms with Gasteiger partial charge < -0.3 is 5.32 Å². The minimum atomic E-state index is -0.0936. The summed E-state index contributed by atoms with van der Waals surface area (Å²) in [6.07, 6.45) is 3.50. The molecule has 0 unspecified atom stereocenters. The minimum Gasteiger partial charge on any atom is -0.326 e. The maximum Gasteiger partial charge on any atom is 0.275 e. The Morgan fingerprint density at radius 1 is 1.11 bits per heavy atom. The molecule has 0 bridgehead atoms. The summed E-state index contributed by atoms with van der Waals surface area (Å²) in [5, 5.41) is 8.80. The second-order valence-corrected chi connectivity index (χ2v) is 6.95. The van der Waals surface area contributed by atoms with Crippen molar-refractivity contribution >= 4 is 22.4 Å². The van der Waals surface area contributed by atoms with Crippen molar-refractivity contribution in [3.05, 3.63) is 71.1 Å². The largest absolute Gasteiger partial charge is 0.326 e. The van der Waals surface area contributed by atoms with Crippen LogP contribution in [0.3, 0.4) is 0 Å². The molecule has 6 heteroatoms. The molecule has 1 atom stereocenters. The van der Waals surface area contributed by atoms with Gasteiger partial charge in [0.2, 0.25) is 5.91 Å². The van der Waals surface area contributed by atoms with Crippen molar-refractivity contribution in [2.75, 3.05) is 18.4 Å². The Labute approximate surface area is 157 Å². The second kappa shape index (κ2) is 7.72. The Kier molecular flexibility index (Phi) is 4.98. The third-order valence-electron chi connectivity index (χ3n) is 5.01. The van der Waals surface area contributed by atoms with E-state index in [1.807, 2.05) is 54.6 Å². The van der Waals surface area contributed by atoms with E-state index in [1.54, 1.807) is 6.20 Å². The van der Waals surface area contributed by atoms with E-state index in [0.29, 0.717) is 18.6 Å². The van der Waals surface area contributed by atoms with Gasteiger partial charge in [-0.15, -0.1) is 0 Å². The van der Waals surface area contributed by atoms with Crippen LogP contribution in [0.5, 0.6) is 0 Å². The smallest absolute Gasteiger partial charge is 0.275 e. The summed E-state index contributed by atoms with van der Waals surface area (Å²) in [7, 11) is 0. The summed E-state index contributed by atoms with van der Waals surface area (Å²) in [6.45, 7) is 1.88. The maximum atomic E-state index is 12.7. The molecule has 2 heterocycles. The molecule has 0 spiro atoms. The lowest BCUT2D eigenvalue weighted by Crippen LogP contribution is -2.43. The Morgan fingerprint density at radius 3 is 2.74 bits per heavy atom. The number of piperidine rings is 1. The van der Waals surface area contributed by atoms with Gasteiger partial charge in [0, 0.05) is 17.6 Å². The zero-order valence-corrected chi connectivity index (χ0v) is 15.0. The molecule has 138 valence electrons. The van der Waals surface area contributed by atoms with Gasteiger partial charge in [-0.3, -0.25) is 14.5 Å². The molecule has 2 aromatic carbocycles. The summed E-state index contributed by atoms with van der Waals surface area (Å²) in [5.74, 6) is -0.0557. The molecular weight excluding hydrogens is 340 g/mol. The number of para-hydroxylation sites is 1. The molecular formula is C21H22N4O2. The molecule has 0 aliphatic carbocycles. The molecule has 1 N–H and O–H groups in total. The van der Waals surface area contributed by atoms with Crippen LogP contribution in [0, 0.1) is 5.92 Å². The molecule has 1 saturated heterocycles. The van der Waals surface area contributed by atoms with Crippen LogP contribution in [0.1, 0.15) is 12.8 Å². The number of benzene rings is 2. The maximum absolute atomic E-state index is 12.7. The second-order valence-electron chi connectivity index (χ2n) is 6.95. The van der Waals surface area contributed by atoms with Gasteiger partial charge in [0.05, 0.1) is 24.2 Å². The van der Waals surface area contributed by atoms with Crippen LogP contribution >= 0.6 is 0 Å². The topological polar surface area (TPSA) is 67.2 Å². The van der Waals surface area contributed by atoms with Gasteiger partial charge in [-0.05, 0) is 37.6 Å². The molecule has 27 heavy (non-hydrogen) atoms. The first-order chi connectivity index (χ1) is 13.2. The lowest BCUT2D eigenvalue weighted by molar-refractivity contribution is -0.121. The van der Waals surface area contributed by atoms with E-state index in [-0.39, 0.29) is 17.4 Å². The van der Waals surface area contributed by atoms with E-state index in [0.717, 1.165) is 30.5 Å². The van der Waals surface area contributed by atoms with Crippen molar-refractivity contribution in [2.45, 2.75) is 19.5 Å². The number of hydrogen-bond donors (Lipinski definition) is 1. The van der Waals surface area contributed by atoms with Crippen molar-refractivity contribution in [1.82, 2.24) is 14.7 Å². The number of nitrogens with one attached hydrogen (secondary N) is 1. The zero-order chi connectivity index (χ0) is 18.6. The summed E-state index contributed by atoms with van der Waals surface area (Å²) < 4.78 is 1.49. The quantitative estimate of drug-likeness (QED) is 0.775. The molecule has 3 aromatic rings. The van der Waals surface area contributed by atoms with Crippen molar-refractivity contribution in [1.29, 1.82) is 0 Å². The molecule has 6 nitrogen and oxygen atoms in total.